The predicted octanol–water partition coefficient (Wildman–Crippen LogP) is 4.51. The van der Waals surface area contributed by atoms with Crippen molar-refractivity contribution in [2.75, 3.05) is 44.1 Å². The third kappa shape index (κ3) is 4.94. The van der Waals surface area contributed by atoms with Gasteiger partial charge in [-0.2, -0.15) is 0 Å². The highest BCUT2D eigenvalue weighted by Crippen LogP contribution is 2.22. The van der Waals surface area contributed by atoms with Crippen molar-refractivity contribution < 1.29 is 13.6 Å². The molecular formula is C25H28N2O5. The first-order chi connectivity index (χ1) is 15.4. The lowest BCUT2D eigenvalue weighted by atomic mass is 10.2. The summed E-state index contributed by atoms with van der Waals surface area (Å²) in [7, 11) is 5.23. The highest BCUT2D eigenvalue weighted by atomic mass is 16.5. The van der Waals surface area contributed by atoms with Crippen molar-refractivity contribution in [3.05, 3.63) is 75.0 Å². The van der Waals surface area contributed by atoms with E-state index in [0.29, 0.717) is 39.5 Å². The van der Waals surface area contributed by atoms with Crippen LogP contribution in [0.25, 0.3) is 21.9 Å². The van der Waals surface area contributed by atoms with E-state index < -0.39 is 0 Å². The molecule has 0 aliphatic heterocycles. The van der Waals surface area contributed by atoms with Gasteiger partial charge in [0.05, 0.1) is 17.9 Å². The van der Waals surface area contributed by atoms with Crippen molar-refractivity contribution in [1.82, 2.24) is 0 Å². The third-order valence-electron chi connectivity index (χ3n) is 5.06. The molecule has 0 aliphatic carbocycles. The summed E-state index contributed by atoms with van der Waals surface area (Å²) in [5, 5.41) is 1.20. The maximum Gasteiger partial charge on any atom is 0.199 e. The van der Waals surface area contributed by atoms with Gasteiger partial charge in [0.2, 0.25) is 0 Å². The SMILES string of the molecule is CCN(CC)c1cc(=O)c2ccccc2o1.COc1ccc2c(=O)cc(N(C)C)oc2c1. The van der Waals surface area contributed by atoms with Crippen molar-refractivity contribution in [1.29, 1.82) is 0 Å². The quantitative estimate of drug-likeness (QED) is 0.456. The topological polar surface area (TPSA) is 76.1 Å². The van der Waals surface area contributed by atoms with Crippen molar-refractivity contribution in [3.8, 4) is 5.75 Å². The fraction of sp³-hybridized carbons (Fsp3) is 0.280. The Bertz CT molecular complexity index is 1320. The Balaban J connectivity index is 0.000000181. The van der Waals surface area contributed by atoms with Gasteiger partial charge >= 0.3 is 0 Å². The first-order valence-electron chi connectivity index (χ1n) is 10.4. The van der Waals surface area contributed by atoms with E-state index in [1.54, 1.807) is 42.3 Å². The molecule has 7 nitrogen and oxygen atoms in total. The molecule has 0 fully saturated rings. The Morgan fingerprint density at radius 3 is 2.00 bits per heavy atom. The van der Waals surface area contributed by atoms with Crippen LogP contribution < -0.4 is 25.4 Å². The van der Waals surface area contributed by atoms with Crippen molar-refractivity contribution in [2.24, 2.45) is 0 Å². The Kier molecular flexibility index (Phi) is 7.20. The minimum absolute atomic E-state index is 0.0174. The van der Waals surface area contributed by atoms with Crippen LogP contribution in [0.2, 0.25) is 0 Å². The third-order valence-corrected chi connectivity index (χ3v) is 5.06. The van der Waals surface area contributed by atoms with E-state index in [-0.39, 0.29) is 10.9 Å². The van der Waals surface area contributed by atoms with Crippen LogP contribution in [-0.2, 0) is 0 Å². The molecule has 0 N–H and O–H groups in total. The molecule has 2 aromatic carbocycles. The molecule has 0 radical (unpaired) electrons. The molecule has 0 bridgehead atoms. The number of hydrogen-bond acceptors (Lipinski definition) is 7. The van der Waals surface area contributed by atoms with Crippen molar-refractivity contribution >= 4 is 33.7 Å². The monoisotopic (exact) mass is 436 g/mol. The molecule has 4 aromatic rings. The molecule has 32 heavy (non-hydrogen) atoms. The summed E-state index contributed by atoms with van der Waals surface area (Å²) >= 11 is 0. The lowest BCUT2D eigenvalue weighted by molar-refractivity contribution is 0.414. The van der Waals surface area contributed by atoms with E-state index in [9.17, 15) is 9.59 Å². The molecule has 168 valence electrons. The highest BCUT2D eigenvalue weighted by molar-refractivity contribution is 5.79. The Hall–Kier alpha value is -3.74. The normalized spacial score (nSPS) is 10.5. The van der Waals surface area contributed by atoms with Crippen LogP contribution in [0.15, 0.2) is 73.0 Å². The Morgan fingerprint density at radius 2 is 1.38 bits per heavy atom. The van der Waals surface area contributed by atoms with Gasteiger partial charge in [0.15, 0.2) is 22.6 Å². The molecule has 7 heteroatoms. The van der Waals surface area contributed by atoms with E-state index >= 15 is 0 Å². The van der Waals surface area contributed by atoms with Gasteiger partial charge in [0, 0.05) is 45.4 Å². The zero-order valence-corrected chi connectivity index (χ0v) is 19.0. The summed E-state index contributed by atoms with van der Waals surface area (Å²) in [5.74, 6) is 1.85. The second kappa shape index (κ2) is 10.0. The van der Waals surface area contributed by atoms with Gasteiger partial charge in [0.25, 0.3) is 0 Å². The maximum absolute atomic E-state index is 11.8. The van der Waals surface area contributed by atoms with Gasteiger partial charge in [-0.05, 0) is 38.1 Å². The number of hydrogen-bond donors (Lipinski definition) is 0. The predicted molar refractivity (Wildman–Crippen MR) is 129 cm³/mol. The van der Waals surface area contributed by atoms with Gasteiger partial charge in [-0.15, -0.1) is 0 Å². The highest BCUT2D eigenvalue weighted by Gasteiger charge is 2.09. The van der Waals surface area contributed by atoms with E-state index in [4.69, 9.17) is 13.6 Å². The first-order valence-corrected chi connectivity index (χ1v) is 10.4. The lowest BCUT2D eigenvalue weighted by Gasteiger charge is -2.18. The molecule has 0 unspecified atom stereocenters. The van der Waals surface area contributed by atoms with Crippen LogP contribution in [0.4, 0.5) is 11.8 Å². The molecular weight excluding hydrogens is 408 g/mol. The Labute approximate surface area is 186 Å². The minimum Gasteiger partial charge on any atom is -0.497 e. The number of ether oxygens (including phenoxy) is 1. The number of methoxy groups -OCH3 is 1. The number of rotatable bonds is 5. The average molecular weight is 437 g/mol. The molecule has 2 heterocycles. The number of anilines is 2. The first kappa shape index (κ1) is 22.9. The smallest absolute Gasteiger partial charge is 0.199 e. The van der Waals surface area contributed by atoms with Gasteiger partial charge in [0.1, 0.15) is 16.9 Å². The molecule has 0 saturated heterocycles. The summed E-state index contributed by atoms with van der Waals surface area (Å²) in [5.41, 5.74) is 1.16. The van der Waals surface area contributed by atoms with E-state index in [0.717, 1.165) is 13.1 Å². The zero-order chi connectivity index (χ0) is 23.3. The van der Waals surface area contributed by atoms with Crippen molar-refractivity contribution in [3.63, 3.8) is 0 Å². The van der Waals surface area contributed by atoms with Gasteiger partial charge < -0.3 is 23.4 Å². The van der Waals surface area contributed by atoms with E-state index in [1.807, 2.05) is 51.0 Å². The second-order valence-electron chi connectivity index (χ2n) is 7.32. The molecule has 0 spiro atoms. The lowest BCUT2D eigenvalue weighted by Crippen LogP contribution is -2.23. The molecule has 0 atom stereocenters. The van der Waals surface area contributed by atoms with Crippen LogP contribution in [0.5, 0.6) is 5.75 Å². The summed E-state index contributed by atoms with van der Waals surface area (Å²) in [6.45, 7) is 5.74. The van der Waals surface area contributed by atoms with Gasteiger partial charge in [-0.25, -0.2) is 0 Å². The standard InChI is InChI=1S/C13H15NO2.C12H13NO3/c1-3-14(4-2)13-9-11(15)10-7-5-6-8-12(10)16-13;1-13(2)12-7-10(14)9-5-4-8(15-3)6-11(9)16-12/h5-9H,3-4H2,1-2H3;4-7H,1-3H3. The average Bonchev–Trinajstić information content (AvgIpc) is 2.80. The maximum atomic E-state index is 11.8. The molecule has 2 aromatic heterocycles. The number of benzene rings is 2. The molecule has 0 aliphatic rings. The minimum atomic E-state index is -0.0485. The summed E-state index contributed by atoms with van der Waals surface area (Å²) in [4.78, 5) is 27.4. The zero-order valence-electron chi connectivity index (χ0n) is 19.0. The van der Waals surface area contributed by atoms with Crippen LogP contribution >= 0.6 is 0 Å². The van der Waals surface area contributed by atoms with E-state index in [2.05, 4.69) is 0 Å². The fourth-order valence-electron chi connectivity index (χ4n) is 3.25. The van der Waals surface area contributed by atoms with Gasteiger partial charge in [-0.3, -0.25) is 9.59 Å². The van der Waals surface area contributed by atoms with Crippen LogP contribution in [-0.4, -0.2) is 34.3 Å². The second-order valence-corrected chi connectivity index (χ2v) is 7.32. The number of nitrogens with zero attached hydrogens (tertiary/aromatic N) is 2. The van der Waals surface area contributed by atoms with E-state index in [1.165, 1.54) is 6.07 Å². The van der Waals surface area contributed by atoms with Crippen LogP contribution in [0, 0.1) is 0 Å². The van der Waals surface area contributed by atoms with Crippen LogP contribution in [0.3, 0.4) is 0 Å². The molecule has 0 amide bonds. The Morgan fingerprint density at radius 1 is 0.781 bits per heavy atom. The summed E-state index contributed by atoms with van der Waals surface area (Å²) in [6, 6.07) is 15.5. The molecule has 0 saturated carbocycles. The largest absolute Gasteiger partial charge is 0.497 e. The molecule has 4 rings (SSSR count). The number of fused-ring (bicyclic) bond motifs is 2. The van der Waals surface area contributed by atoms with Crippen LogP contribution in [0.1, 0.15) is 13.8 Å². The summed E-state index contributed by atoms with van der Waals surface area (Å²) < 4.78 is 16.4. The van der Waals surface area contributed by atoms with Gasteiger partial charge in [-0.1, -0.05) is 12.1 Å². The summed E-state index contributed by atoms with van der Waals surface area (Å²) in [6.07, 6.45) is 0. The van der Waals surface area contributed by atoms with Crippen molar-refractivity contribution in [2.45, 2.75) is 13.8 Å². The number of para-hydroxylation sites is 1. The fourth-order valence-corrected chi connectivity index (χ4v) is 3.25.